The first-order chi connectivity index (χ1) is 12.4. The number of nitrogens with zero attached hydrogens (tertiary/aromatic N) is 2. The van der Waals surface area contributed by atoms with Gasteiger partial charge in [0.25, 0.3) is 0 Å². The fraction of sp³-hybridized carbons (Fsp3) is 0.158. The number of aryl methyl sites for hydroxylation is 1. The van der Waals surface area contributed by atoms with Crippen molar-refractivity contribution in [2.75, 3.05) is 5.32 Å². The van der Waals surface area contributed by atoms with Gasteiger partial charge >= 0.3 is 0 Å². The van der Waals surface area contributed by atoms with Gasteiger partial charge in [0.15, 0.2) is 4.80 Å². The third kappa shape index (κ3) is 5.69. The second kappa shape index (κ2) is 9.55. The Morgan fingerprint density at radius 2 is 2.07 bits per heavy atom. The van der Waals surface area contributed by atoms with Crippen LogP contribution < -0.4 is 10.1 Å². The smallest absolute Gasteiger partial charge is 0.230 e. The molecule has 0 aliphatic carbocycles. The third-order valence-corrected chi connectivity index (χ3v) is 5.71. The molecule has 3 aromatic rings. The lowest BCUT2D eigenvalue weighted by atomic mass is 10.2. The van der Waals surface area contributed by atoms with Crippen LogP contribution in [0.25, 0.3) is 0 Å². The van der Waals surface area contributed by atoms with Gasteiger partial charge in [0, 0.05) is 33.3 Å². The summed E-state index contributed by atoms with van der Waals surface area (Å²) in [4.78, 5) is 17.8. The maximum absolute atomic E-state index is 12.3. The Balaban J connectivity index is 0.00000261. The van der Waals surface area contributed by atoms with Crippen molar-refractivity contribution in [2.45, 2.75) is 13.3 Å². The number of rotatable bonds is 4. The number of anilines is 1. The van der Waals surface area contributed by atoms with E-state index in [2.05, 4.69) is 26.2 Å². The van der Waals surface area contributed by atoms with E-state index < -0.39 is 0 Å². The van der Waals surface area contributed by atoms with E-state index in [1.807, 2.05) is 60.3 Å². The number of thiazole rings is 1. The van der Waals surface area contributed by atoms with E-state index in [4.69, 9.17) is 11.6 Å². The Labute approximate surface area is 181 Å². The fourth-order valence-corrected chi connectivity index (χ4v) is 3.84. The van der Waals surface area contributed by atoms with E-state index >= 15 is 0 Å². The van der Waals surface area contributed by atoms with Gasteiger partial charge in [-0.15, -0.1) is 23.7 Å². The summed E-state index contributed by atoms with van der Waals surface area (Å²) in [5.74, 6) is -0.0904. The van der Waals surface area contributed by atoms with E-state index in [0.717, 1.165) is 26.2 Å². The molecule has 0 spiro atoms. The van der Waals surface area contributed by atoms with E-state index in [9.17, 15) is 4.79 Å². The Hall–Kier alpha value is -1.60. The van der Waals surface area contributed by atoms with Gasteiger partial charge in [-0.25, -0.2) is 4.99 Å². The minimum Gasteiger partial charge on any atom is -0.326 e. The highest BCUT2D eigenvalue weighted by Crippen LogP contribution is 2.20. The molecule has 0 aliphatic heterocycles. The Morgan fingerprint density at radius 3 is 2.78 bits per heavy atom. The molecule has 1 N–H and O–H groups in total. The zero-order valence-electron chi connectivity index (χ0n) is 14.7. The van der Waals surface area contributed by atoms with Crippen molar-refractivity contribution >= 4 is 68.6 Å². The minimum atomic E-state index is -0.0904. The van der Waals surface area contributed by atoms with Gasteiger partial charge in [-0.05, 0) is 42.8 Å². The topological polar surface area (TPSA) is 46.4 Å². The lowest BCUT2D eigenvalue weighted by molar-refractivity contribution is -0.115. The predicted molar refractivity (Wildman–Crippen MR) is 118 cm³/mol. The standard InChI is InChI=1S/C19H17BrClN3OS.ClH/c1-12-6-7-15(9-17(12)21)22-18(25)10-16-11-26-19(24(16)2)23-14-5-3-4-13(20)8-14;/h3-9,11H,10H2,1-2H3,(H,22,25);1H. The molecule has 0 atom stereocenters. The largest absolute Gasteiger partial charge is 0.326 e. The molecule has 0 saturated carbocycles. The maximum Gasteiger partial charge on any atom is 0.230 e. The summed E-state index contributed by atoms with van der Waals surface area (Å²) in [7, 11) is 1.92. The quantitative estimate of drug-likeness (QED) is 0.509. The molecule has 142 valence electrons. The predicted octanol–water partition coefficient (Wildman–Crippen LogP) is 5.65. The SMILES string of the molecule is Cc1ccc(NC(=O)Cc2csc(=Nc3cccc(Br)c3)n2C)cc1Cl.Cl. The van der Waals surface area contributed by atoms with Crippen LogP contribution in [0.15, 0.2) is 57.3 Å². The molecule has 27 heavy (non-hydrogen) atoms. The first-order valence-electron chi connectivity index (χ1n) is 7.92. The average Bonchev–Trinajstić information content (AvgIpc) is 2.91. The molecule has 0 unspecified atom stereocenters. The highest BCUT2D eigenvalue weighted by molar-refractivity contribution is 9.10. The first-order valence-corrected chi connectivity index (χ1v) is 9.97. The summed E-state index contributed by atoms with van der Waals surface area (Å²) >= 11 is 11.1. The van der Waals surface area contributed by atoms with E-state index in [1.165, 1.54) is 11.3 Å². The maximum atomic E-state index is 12.3. The molecule has 0 saturated heterocycles. The number of carbonyl (C=O) groups is 1. The summed E-state index contributed by atoms with van der Waals surface area (Å²) < 4.78 is 2.92. The van der Waals surface area contributed by atoms with Crippen molar-refractivity contribution in [1.29, 1.82) is 0 Å². The third-order valence-electron chi connectivity index (χ3n) is 3.85. The van der Waals surface area contributed by atoms with Gasteiger partial charge in [0.05, 0.1) is 12.1 Å². The average molecular weight is 487 g/mol. The molecule has 1 heterocycles. The molecule has 8 heteroatoms. The van der Waals surface area contributed by atoms with Crippen LogP contribution >= 0.6 is 51.3 Å². The molecule has 1 aromatic heterocycles. The fourth-order valence-electron chi connectivity index (χ4n) is 2.36. The summed E-state index contributed by atoms with van der Waals surface area (Å²) in [5, 5.41) is 5.48. The summed E-state index contributed by atoms with van der Waals surface area (Å²) in [6.45, 7) is 1.93. The molecule has 0 fully saturated rings. The van der Waals surface area contributed by atoms with Crippen LogP contribution in [0.4, 0.5) is 11.4 Å². The highest BCUT2D eigenvalue weighted by Gasteiger charge is 2.09. The number of halogens is 3. The lowest BCUT2D eigenvalue weighted by Crippen LogP contribution is -2.19. The van der Waals surface area contributed by atoms with Crippen molar-refractivity contribution in [2.24, 2.45) is 12.0 Å². The second-order valence-electron chi connectivity index (χ2n) is 5.85. The summed E-state index contributed by atoms with van der Waals surface area (Å²) in [5.41, 5.74) is 3.44. The van der Waals surface area contributed by atoms with Crippen LogP contribution in [-0.2, 0) is 18.3 Å². The Bertz CT molecular complexity index is 1030. The van der Waals surface area contributed by atoms with Crippen LogP contribution in [0.1, 0.15) is 11.3 Å². The molecule has 1 amide bonds. The van der Waals surface area contributed by atoms with Gasteiger partial charge in [-0.2, -0.15) is 0 Å². The number of benzene rings is 2. The number of amides is 1. The van der Waals surface area contributed by atoms with Crippen LogP contribution in [0.3, 0.4) is 0 Å². The first kappa shape index (κ1) is 21.7. The number of hydrogen-bond donors (Lipinski definition) is 1. The molecule has 0 aliphatic rings. The van der Waals surface area contributed by atoms with E-state index in [-0.39, 0.29) is 24.7 Å². The molecule has 2 aromatic carbocycles. The van der Waals surface area contributed by atoms with Gasteiger partial charge in [-0.1, -0.05) is 39.7 Å². The Morgan fingerprint density at radius 1 is 1.30 bits per heavy atom. The van der Waals surface area contributed by atoms with E-state index in [0.29, 0.717) is 10.7 Å². The molecule has 4 nitrogen and oxygen atoms in total. The molecule has 0 radical (unpaired) electrons. The van der Waals surface area contributed by atoms with Crippen molar-refractivity contribution < 1.29 is 4.79 Å². The number of hydrogen-bond acceptors (Lipinski definition) is 3. The van der Waals surface area contributed by atoms with Crippen LogP contribution in [0, 0.1) is 6.92 Å². The van der Waals surface area contributed by atoms with E-state index in [1.54, 1.807) is 6.07 Å². The monoisotopic (exact) mass is 485 g/mol. The minimum absolute atomic E-state index is 0. The molecular weight excluding hydrogens is 469 g/mol. The van der Waals surface area contributed by atoms with Crippen molar-refractivity contribution in [3.63, 3.8) is 0 Å². The van der Waals surface area contributed by atoms with Crippen LogP contribution in [0.5, 0.6) is 0 Å². The van der Waals surface area contributed by atoms with Crippen molar-refractivity contribution in [1.82, 2.24) is 4.57 Å². The van der Waals surface area contributed by atoms with Crippen molar-refractivity contribution in [3.8, 4) is 0 Å². The summed E-state index contributed by atoms with van der Waals surface area (Å²) in [6, 6.07) is 13.3. The normalized spacial score (nSPS) is 11.2. The van der Waals surface area contributed by atoms with Gasteiger partial charge in [0.2, 0.25) is 5.91 Å². The van der Waals surface area contributed by atoms with Gasteiger partial charge in [-0.3, -0.25) is 4.79 Å². The molecule has 0 bridgehead atoms. The highest BCUT2D eigenvalue weighted by atomic mass is 79.9. The van der Waals surface area contributed by atoms with Gasteiger partial charge in [0.1, 0.15) is 0 Å². The second-order valence-corrected chi connectivity index (χ2v) is 8.01. The van der Waals surface area contributed by atoms with Gasteiger partial charge < -0.3 is 9.88 Å². The lowest BCUT2D eigenvalue weighted by Gasteiger charge is -2.07. The zero-order valence-corrected chi connectivity index (χ0v) is 18.7. The molecular formula is C19H18BrCl2N3OS. The van der Waals surface area contributed by atoms with Crippen molar-refractivity contribution in [3.05, 3.63) is 73.4 Å². The number of carbonyl (C=O) groups excluding carboxylic acids is 1. The van der Waals surface area contributed by atoms with Crippen LogP contribution in [0.2, 0.25) is 5.02 Å². The van der Waals surface area contributed by atoms with Crippen LogP contribution in [-0.4, -0.2) is 10.5 Å². The number of aromatic nitrogens is 1. The zero-order chi connectivity index (χ0) is 18.7. The summed E-state index contributed by atoms with van der Waals surface area (Å²) in [6.07, 6.45) is 0.270. The molecule has 3 rings (SSSR count). The Kier molecular flexibility index (Phi) is 7.68. The number of nitrogens with one attached hydrogen (secondary N) is 1.